The van der Waals surface area contributed by atoms with Gasteiger partial charge in [0.05, 0.1) is 5.56 Å². The van der Waals surface area contributed by atoms with E-state index in [1.54, 1.807) is 24.3 Å². The molecule has 1 aromatic rings. The minimum Gasteiger partial charge on any atom is -0.457 e. The molecule has 0 aliphatic heterocycles. The molecule has 2 nitrogen and oxygen atoms in total. The topological polar surface area (TPSA) is 26.3 Å². The van der Waals surface area contributed by atoms with Crippen molar-refractivity contribution in [2.24, 2.45) is 0 Å². The Kier molecular flexibility index (Phi) is 4.90. The molecular weight excluding hydrogens is 216 g/mol. The van der Waals surface area contributed by atoms with Crippen molar-refractivity contribution in [2.75, 3.05) is 11.5 Å². The van der Waals surface area contributed by atoms with Gasteiger partial charge in [-0.2, -0.15) is 25.3 Å². The summed E-state index contributed by atoms with van der Waals surface area (Å²) in [5.41, 5.74) is 0.557. The van der Waals surface area contributed by atoms with Gasteiger partial charge in [0.15, 0.2) is 0 Å². The lowest BCUT2D eigenvalue weighted by Gasteiger charge is -2.12. The molecule has 0 saturated heterocycles. The third-order valence-electron chi connectivity index (χ3n) is 1.69. The van der Waals surface area contributed by atoms with Gasteiger partial charge in [-0.3, -0.25) is 0 Å². The van der Waals surface area contributed by atoms with E-state index in [4.69, 9.17) is 4.74 Å². The van der Waals surface area contributed by atoms with Gasteiger partial charge in [-0.05, 0) is 12.1 Å². The molecule has 14 heavy (non-hydrogen) atoms. The third kappa shape index (κ3) is 3.27. The number of carbonyl (C=O) groups excluding carboxylic acids is 1. The molecule has 0 bridgehead atoms. The van der Waals surface area contributed by atoms with E-state index in [0.717, 1.165) is 0 Å². The van der Waals surface area contributed by atoms with E-state index in [2.05, 4.69) is 25.3 Å². The zero-order chi connectivity index (χ0) is 10.4. The van der Waals surface area contributed by atoms with Crippen LogP contribution in [0.25, 0.3) is 0 Å². The van der Waals surface area contributed by atoms with E-state index in [0.29, 0.717) is 17.1 Å². The molecule has 4 heteroatoms. The van der Waals surface area contributed by atoms with Crippen LogP contribution in [0.5, 0.6) is 0 Å². The summed E-state index contributed by atoms with van der Waals surface area (Å²) >= 11 is 8.11. The predicted molar refractivity (Wildman–Crippen MR) is 63.4 cm³/mol. The van der Waals surface area contributed by atoms with Crippen LogP contribution in [0, 0.1) is 0 Å². The maximum absolute atomic E-state index is 11.5. The number of ether oxygens (including phenoxy) is 1. The van der Waals surface area contributed by atoms with Crippen LogP contribution < -0.4 is 0 Å². The van der Waals surface area contributed by atoms with Gasteiger partial charge < -0.3 is 4.74 Å². The predicted octanol–water partition coefficient (Wildman–Crippen LogP) is 2.07. The van der Waals surface area contributed by atoms with Crippen molar-refractivity contribution >= 4 is 31.2 Å². The average molecular weight is 228 g/mol. The lowest BCUT2D eigenvalue weighted by atomic mass is 10.2. The van der Waals surface area contributed by atoms with Crippen molar-refractivity contribution in [2.45, 2.75) is 6.10 Å². The van der Waals surface area contributed by atoms with E-state index >= 15 is 0 Å². The van der Waals surface area contributed by atoms with E-state index < -0.39 is 0 Å². The summed E-state index contributed by atoms with van der Waals surface area (Å²) in [4.78, 5) is 11.5. The first-order valence-corrected chi connectivity index (χ1v) is 5.52. The molecule has 0 spiro atoms. The second kappa shape index (κ2) is 5.98. The summed E-state index contributed by atoms with van der Waals surface area (Å²) in [6.45, 7) is 0. The van der Waals surface area contributed by atoms with E-state index in [-0.39, 0.29) is 12.1 Å². The molecule has 0 aliphatic rings. The number of thiol groups is 2. The van der Waals surface area contributed by atoms with Crippen molar-refractivity contribution in [3.63, 3.8) is 0 Å². The van der Waals surface area contributed by atoms with Gasteiger partial charge in [-0.15, -0.1) is 0 Å². The smallest absolute Gasteiger partial charge is 0.338 e. The fourth-order valence-electron chi connectivity index (χ4n) is 0.926. The molecule has 1 rings (SSSR count). The summed E-state index contributed by atoms with van der Waals surface area (Å²) in [5, 5.41) is 0. The van der Waals surface area contributed by atoms with Crippen molar-refractivity contribution in [3.05, 3.63) is 35.9 Å². The standard InChI is InChI=1S/C10H12O2S2/c11-10(12-9(6-13)7-14)8-4-2-1-3-5-8/h1-5,9,13-14H,6-7H2. The van der Waals surface area contributed by atoms with Crippen LogP contribution in [0.15, 0.2) is 30.3 Å². The van der Waals surface area contributed by atoms with Gasteiger partial charge in [0.2, 0.25) is 0 Å². The van der Waals surface area contributed by atoms with Gasteiger partial charge >= 0.3 is 5.97 Å². The molecule has 0 unspecified atom stereocenters. The van der Waals surface area contributed by atoms with Gasteiger partial charge in [-0.25, -0.2) is 4.79 Å². The largest absolute Gasteiger partial charge is 0.457 e. The molecule has 0 heterocycles. The Morgan fingerprint density at radius 3 is 2.29 bits per heavy atom. The summed E-state index contributed by atoms with van der Waals surface area (Å²) in [5.74, 6) is 0.656. The second-order valence-electron chi connectivity index (χ2n) is 2.76. The Hall–Kier alpha value is -0.610. The lowest BCUT2D eigenvalue weighted by Crippen LogP contribution is -2.21. The minimum absolute atomic E-state index is 0.227. The molecule has 1 aromatic carbocycles. The van der Waals surface area contributed by atoms with Crippen LogP contribution in [-0.4, -0.2) is 23.6 Å². The SMILES string of the molecule is O=C(OC(CS)CS)c1ccccc1. The van der Waals surface area contributed by atoms with Crippen LogP contribution in [0.2, 0.25) is 0 Å². The fourth-order valence-corrected chi connectivity index (χ4v) is 1.54. The number of hydrogen-bond donors (Lipinski definition) is 2. The number of carbonyl (C=O) groups is 1. The maximum atomic E-state index is 11.5. The Balaban J connectivity index is 2.59. The summed E-state index contributed by atoms with van der Waals surface area (Å²) in [6, 6.07) is 8.89. The number of rotatable bonds is 4. The van der Waals surface area contributed by atoms with Gasteiger partial charge in [-0.1, -0.05) is 18.2 Å². The van der Waals surface area contributed by atoms with Gasteiger partial charge in [0.25, 0.3) is 0 Å². The molecular formula is C10H12O2S2. The molecule has 0 aliphatic carbocycles. The van der Waals surface area contributed by atoms with Crippen LogP contribution in [0.1, 0.15) is 10.4 Å². The maximum Gasteiger partial charge on any atom is 0.338 e. The molecule has 0 aromatic heterocycles. The van der Waals surface area contributed by atoms with Crippen LogP contribution in [-0.2, 0) is 4.74 Å². The van der Waals surface area contributed by atoms with E-state index in [1.165, 1.54) is 0 Å². The van der Waals surface area contributed by atoms with E-state index in [1.807, 2.05) is 6.07 Å². The quantitative estimate of drug-likeness (QED) is 0.609. The van der Waals surface area contributed by atoms with Crippen molar-refractivity contribution in [1.82, 2.24) is 0 Å². The summed E-state index contributed by atoms with van der Waals surface area (Å²) < 4.78 is 5.14. The highest BCUT2D eigenvalue weighted by Gasteiger charge is 2.12. The zero-order valence-electron chi connectivity index (χ0n) is 7.59. The van der Waals surface area contributed by atoms with Crippen molar-refractivity contribution in [3.8, 4) is 0 Å². The first kappa shape index (κ1) is 11.5. The second-order valence-corrected chi connectivity index (χ2v) is 3.49. The molecule has 0 amide bonds. The fraction of sp³-hybridized carbons (Fsp3) is 0.300. The van der Waals surface area contributed by atoms with Crippen molar-refractivity contribution < 1.29 is 9.53 Å². The number of esters is 1. The summed E-state index contributed by atoms with van der Waals surface area (Å²) in [6.07, 6.45) is -0.227. The Bertz CT molecular complexity index is 283. The highest BCUT2D eigenvalue weighted by molar-refractivity contribution is 7.81. The highest BCUT2D eigenvalue weighted by atomic mass is 32.1. The molecule has 0 saturated carbocycles. The highest BCUT2D eigenvalue weighted by Crippen LogP contribution is 2.05. The monoisotopic (exact) mass is 228 g/mol. The lowest BCUT2D eigenvalue weighted by molar-refractivity contribution is 0.0395. The Labute approximate surface area is 94.5 Å². The van der Waals surface area contributed by atoms with E-state index in [9.17, 15) is 4.79 Å². The molecule has 0 N–H and O–H groups in total. The molecule has 76 valence electrons. The summed E-state index contributed by atoms with van der Waals surface area (Å²) in [7, 11) is 0. The number of benzene rings is 1. The van der Waals surface area contributed by atoms with Gasteiger partial charge in [0, 0.05) is 11.5 Å². The average Bonchev–Trinajstić information content (AvgIpc) is 2.26. The normalized spacial score (nSPS) is 10.2. The van der Waals surface area contributed by atoms with Gasteiger partial charge in [0.1, 0.15) is 6.10 Å². The molecule has 0 fully saturated rings. The third-order valence-corrected chi connectivity index (χ3v) is 2.51. The Morgan fingerprint density at radius 2 is 1.79 bits per heavy atom. The van der Waals surface area contributed by atoms with Crippen LogP contribution in [0.3, 0.4) is 0 Å². The Morgan fingerprint density at radius 1 is 1.21 bits per heavy atom. The first-order valence-electron chi connectivity index (χ1n) is 4.25. The van der Waals surface area contributed by atoms with Crippen molar-refractivity contribution in [1.29, 1.82) is 0 Å². The first-order chi connectivity index (χ1) is 6.77. The minimum atomic E-state index is -0.321. The molecule has 0 radical (unpaired) electrons. The molecule has 0 atom stereocenters. The van der Waals surface area contributed by atoms with Crippen LogP contribution >= 0.6 is 25.3 Å². The zero-order valence-corrected chi connectivity index (χ0v) is 9.38. The number of hydrogen-bond acceptors (Lipinski definition) is 4. The van der Waals surface area contributed by atoms with Crippen LogP contribution in [0.4, 0.5) is 0 Å².